The summed E-state index contributed by atoms with van der Waals surface area (Å²) in [6.07, 6.45) is 0. The number of anilines is 1. The Labute approximate surface area is 117 Å². The van der Waals surface area contributed by atoms with E-state index in [1.807, 2.05) is 0 Å². The first-order chi connectivity index (χ1) is 8.11. The number of halogens is 2. The van der Waals surface area contributed by atoms with Crippen LogP contribution in [0, 0.1) is 0 Å². The smallest absolute Gasteiger partial charge is 0.243 e. The second-order valence-electron chi connectivity index (χ2n) is 3.36. The number of benzene rings is 1. The van der Waals surface area contributed by atoms with Crippen LogP contribution >= 0.6 is 24.0 Å². The largest absolute Gasteiger partial charge is 0.346 e. The molecule has 0 saturated heterocycles. The van der Waals surface area contributed by atoms with Gasteiger partial charge in [-0.25, -0.2) is 0 Å². The van der Waals surface area contributed by atoms with E-state index in [4.69, 9.17) is 11.6 Å². The van der Waals surface area contributed by atoms with Gasteiger partial charge in [-0.05, 0) is 31.3 Å². The molecule has 0 radical (unpaired) electrons. The highest BCUT2D eigenvalue weighted by Gasteiger charge is 2.04. The van der Waals surface area contributed by atoms with Crippen LogP contribution in [-0.2, 0) is 9.59 Å². The van der Waals surface area contributed by atoms with Crippen LogP contribution in [0.1, 0.15) is 0 Å². The Hall–Kier alpha value is -1.30. The van der Waals surface area contributed by atoms with Crippen LogP contribution in [0.5, 0.6) is 0 Å². The normalized spacial score (nSPS) is 9.22. The summed E-state index contributed by atoms with van der Waals surface area (Å²) in [4.78, 5) is 22.5. The monoisotopic (exact) mass is 291 g/mol. The van der Waals surface area contributed by atoms with Crippen LogP contribution in [-0.4, -0.2) is 32.0 Å². The molecule has 0 aromatic heterocycles. The number of hydrogen-bond acceptors (Lipinski definition) is 3. The zero-order valence-corrected chi connectivity index (χ0v) is 11.4. The first kappa shape index (κ1) is 16.7. The van der Waals surface area contributed by atoms with E-state index >= 15 is 0 Å². The molecule has 0 spiro atoms. The Kier molecular flexibility index (Phi) is 8.11. The summed E-state index contributed by atoms with van der Waals surface area (Å²) in [5, 5.41) is 8.40. The Balaban J connectivity index is 0.00000289. The molecule has 0 aliphatic heterocycles. The van der Waals surface area contributed by atoms with Crippen LogP contribution in [0.2, 0.25) is 5.02 Å². The molecule has 18 heavy (non-hydrogen) atoms. The van der Waals surface area contributed by atoms with Crippen molar-refractivity contribution in [3.05, 3.63) is 29.3 Å². The average molecular weight is 292 g/mol. The molecule has 7 heteroatoms. The van der Waals surface area contributed by atoms with Gasteiger partial charge in [-0.2, -0.15) is 0 Å². The Morgan fingerprint density at radius 2 is 1.72 bits per heavy atom. The summed E-state index contributed by atoms with van der Waals surface area (Å²) in [6, 6.07) is 6.73. The summed E-state index contributed by atoms with van der Waals surface area (Å²) in [7, 11) is 1.66. The zero-order chi connectivity index (χ0) is 12.7. The summed E-state index contributed by atoms with van der Waals surface area (Å²) >= 11 is 5.71. The molecule has 1 aromatic carbocycles. The Morgan fingerprint density at radius 1 is 1.11 bits per heavy atom. The lowest BCUT2D eigenvalue weighted by molar-refractivity contribution is -0.123. The molecular formula is C11H15Cl2N3O2. The molecule has 0 unspecified atom stereocenters. The van der Waals surface area contributed by atoms with E-state index in [0.717, 1.165) is 0 Å². The third-order valence-corrected chi connectivity index (χ3v) is 2.16. The van der Waals surface area contributed by atoms with Crippen molar-refractivity contribution in [2.75, 3.05) is 25.5 Å². The third kappa shape index (κ3) is 6.44. The van der Waals surface area contributed by atoms with Crippen LogP contribution < -0.4 is 16.0 Å². The van der Waals surface area contributed by atoms with E-state index in [1.54, 1.807) is 31.3 Å². The minimum Gasteiger partial charge on any atom is -0.346 e. The van der Waals surface area contributed by atoms with E-state index in [1.165, 1.54) is 0 Å². The van der Waals surface area contributed by atoms with Crippen molar-refractivity contribution < 1.29 is 9.59 Å². The van der Waals surface area contributed by atoms with Crippen molar-refractivity contribution in [1.82, 2.24) is 10.6 Å². The minimum absolute atomic E-state index is 0. The van der Waals surface area contributed by atoms with Gasteiger partial charge in [0.05, 0.1) is 13.1 Å². The Morgan fingerprint density at radius 3 is 2.28 bits per heavy atom. The topological polar surface area (TPSA) is 70.2 Å². The van der Waals surface area contributed by atoms with Crippen molar-refractivity contribution in [3.8, 4) is 0 Å². The lowest BCUT2D eigenvalue weighted by Crippen LogP contribution is -2.37. The van der Waals surface area contributed by atoms with Gasteiger partial charge in [-0.1, -0.05) is 11.6 Å². The summed E-state index contributed by atoms with van der Waals surface area (Å²) in [6.45, 7) is 0.136. The maximum Gasteiger partial charge on any atom is 0.243 e. The van der Waals surface area contributed by atoms with Crippen LogP contribution in [0.15, 0.2) is 24.3 Å². The third-order valence-electron chi connectivity index (χ3n) is 1.91. The predicted molar refractivity (Wildman–Crippen MR) is 74.3 cm³/mol. The van der Waals surface area contributed by atoms with Gasteiger partial charge >= 0.3 is 0 Å². The predicted octanol–water partition coefficient (Wildman–Crippen LogP) is 1.04. The van der Waals surface area contributed by atoms with Crippen molar-refractivity contribution in [2.24, 2.45) is 0 Å². The van der Waals surface area contributed by atoms with Crippen molar-refractivity contribution in [3.63, 3.8) is 0 Å². The highest BCUT2D eigenvalue weighted by Crippen LogP contribution is 2.12. The molecule has 1 aromatic rings. The van der Waals surface area contributed by atoms with Gasteiger partial charge in [-0.15, -0.1) is 12.4 Å². The molecule has 2 amide bonds. The van der Waals surface area contributed by atoms with Gasteiger partial charge in [0.2, 0.25) is 11.8 Å². The van der Waals surface area contributed by atoms with Gasteiger partial charge < -0.3 is 16.0 Å². The fourth-order valence-electron chi connectivity index (χ4n) is 1.14. The maximum atomic E-state index is 11.4. The van der Waals surface area contributed by atoms with Gasteiger partial charge in [0.25, 0.3) is 0 Å². The SMILES string of the molecule is CNCC(=O)NCC(=O)Nc1ccc(Cl)cc1.Cl. The molecule has 0 aliphatic carbocycles. The van der Waals surface area contributed by atoms with Crippen molar-refractivity contribution in [2.45, 2.75) is 0 Å². The number of amides is 2. The number of likely N-dealkylation sites (N-methyl/N-ethyl adjacent to an activating group) is 1. The molecule has 0 fully saturated rings. The first-order valence-corrected chi connectivity index (χ1v) is 5.46. The molecule has 3 N–H and O–H groups in total. The maximum absolute atomic E-state index is 11.4. The van der Waals surface area contributed by atoms with E-state index in [0.29, 0.717) is 10.7 Å². The van der Waals surface area contributed by atoms with Crippen LogP contribution in [0.25, 0.3) is 0 Å². The number of carbonyl (C=O) groups is 2. The van der Waals surface area contributed by atoms with Crippen LogP contribution in [0.4, 0.5) is 5.69 Å². The summed E-state index contributed by atoms with van der Waals surface area (Å²) < 4.78 is 0. The van der Waals surface area contributed by atoms with Gasteiger partial charge in [0.15, 0.2) is 0 Å². The molecular weight excluding hydrogens is 277 g/mol. The standard InChI is InChI=1S/C11H14ClN3O2.ClH/c1-13-6-10(16)14-7-11(17)15-9-4-2-8(12)3-5-9;/h2-5,13H,6-7H2,1H3,(H,14,16)(H,15,17);1H. The molecule has 0 bridgehead atoms. The molecule has 1 rings (SSSR count). The number of rotatable bonds is 5. The fourth-order valence-corrected chi connectivity index (χ4v) is 1.27. The van der Waals surface area contributed by atoms with Gasteiger partial charge in [0.1, 0.15) is 0 Å². The highest BCUT2D eigenvalue weighted by atomic mass is 35.5. The molecule has 100 valence electrons. The highest BCUT2D eigenvalue weighted by molar-refractivity contribution is 6.30. The van der Waals surface area contributed by atoms with Crippen LogP contribution in [0.3, 0.4) is 0 Å². The number of nitrogens with one attached hydrogen (secondary N) is 3. The molecule has 5 nitrogen and oxygen atoms in total. The lowest BCUT2D eigenvalue weighted by atomic mass is 10.3. The van der Waals surface area contributed by atoms with Crippen molar-refractivity contribution in [1.29, 1.82) is 0 Å². The summed E-state index contributed by atoms with van der Waals surface area (Å²) in [5.74, 6) is -0.504. The quantitative estimate of drug-likeness (QED) is 0.759. The van der Waals surface area contributed by atoms with E-state index in [2.05, 4.69) is 16.0 Å². The first-order valence-electron chi connectivity index (χ1n) is 5.08. The minimum atomic E-state index is -0.281. The Bertz CT molecular complexity index is 396. The number of carbonyl (C=O) groups excluding carboxylic acids is 2. The second-order valence-corrected chi connectivity index (χ2v) is 3.80. The molecule has 0 saturated carbocycles. The zero-order valence-electron chi connectivity index (χ0n) is 9.83. The molecule has 0 atom stereocenters. The van der Waals surface area contributed by atoms with Gasteiger partial charge in [0, 0.05) is 10.7 Å². The van der Waals surface area contributed by atoms with Crippen molar-refractivity contribution >= 4 is 41.5 Å². The lowest BCUT2D eigenvalue weighted by Gasteiger charge is -2.06. The van der Waals surface area contributed by atoms with Gasteiger partial charge in [-0.3, -0.25) is 9.59 Å². The van der Waals surface area contributed by atoms with E-state index in [-0.39, 0.29) is 37.3 Å². The summed E-state index contributed by atoms with van der Waals surface area (Å²) in [5.41, 5.74) is 0.641. The fraction of sp³-hybridized carbons (Fsp3) is 0.273. The van der Waals surface area contributed by atoms with E-state index < -0.39 is 0 Å². The second kappa shape index (κ2) is 8.74. The number of hydrogen-bond donors (Lipinski definition) is 3. The van der Waals surface area contributed by atoms with E-state index in [9.17, 15) is 9.59 Å². The average Bonchev–Trinajstić information content (AvgIpc) is 2.30. The molecule has 0 aliphatic rings. The molecule has 0 heterocycles.